The van der Waals surface area contributed by atoms with Crippen molar-refractivity contribution in [1.82, 2.24) is 4.98 Å². The normalized spacial score (nSPS) is 17.6. The van der Waals surface area contributed by atoms with Gasteiger partial charge in [0.2, 0.25) is 5.91 Å². The maximum atomic E-state index is 12.0. The monoisotopic (exact) mass is 219 g/mol. The SMILES string of the molecule is Cc1ccc(NC(=O)C2(CN)CCC2)cn1. The number of nitrogens with zero attached hydrogens (tertiary/aromatic N) is 1. The predicted octanol–water partition coefficient (Wildman–Crippen LogP) is 1.46. The number of pyridine rings is 1. The molecule has 1 saturated carbocycles. The Morgan fingerprint density at radius 3 is 2.75 bits per heavy atom. The van der Waals surface area contributed by atoms with Crippen molar-refractivity contribution >= 4 is 11.6 Å². The Hall–Kier alpha value is -1.42. The first kappa shape index (κ1) is 11.1. The van der Waals surface area contributed by atoms with E-state index in [2.05, 4.69) is 10.3 Å². The number of hydrogen-bond acceptors (Lipinski definition) is 3. The number of amides is 1. The van der Waals surface area contributed by atoms with Gasteiger partial charge in [0.05, 0.1) is 17.3 Å². The fourth-order valence-corrected chi connectivity index (χ4v) is 1.93. The van der Waals surface area contributed by atoms with Crippen LogP contribution in [0, 0.1) is 12.3 Å². The van der Waals surface area contributed by atoms with Crippen molar-refractivity contribution < 1.29 is 4.79 Å². The number of nitrogens with two attached hydrogens (primary N) is 1. The van der Waals surface area contributed by atoms with Gasteiger partial charge in [-0.25, -0.2) is 0 Å². The third-order valence-electron chi connectivity index (χ3n) is 3.35. The van der Waals surface area contributed by atoms with Gasteiger partial charge < -0.3 is 11.1 Å². The van der Waals surface area contributed by atoms with E-state index in [9.17, 15) is 4.79 Å². The van der Waals surface area contributed by atoms with Crippen LogP contribution in [-0.2, 0) is 4.79 Å². The topological polar surface area (TPSA) is 68.0 Å². The van der Waals surface area contributed by atoms with E-state index in [0.717, 1.165) is 30.6 Å². The molecule has 1 aromatic heterocycles. The highest BCUT2D eigenvalue weighted by molar-refractivity contribution is 5.95. The minimum Gasteiger partial charge on any atom is -0.329 e. The second-order valence-electron chi connectivity index (χ2n) is 4.48. The molecule has 2 rings (SSSR count). The Morgan fingerprint density at radius 1 is 1.56 bits per heavy atom. The van der Waals surface area contributed by atoms with Gasteiger partial charge in [0.1, 0.15) is 0 Å². The van der Waals surface area contributed by atoms with E-state index in [1.54, 1.807) is 6.20 Å². The van der Waals surface area contributed by atoms with Crippen molar-refractivity contribution in [2.24, 2.45) is 11.1 Å². The lowest BCUT2D eigenvalue weighted by molar-refractivity contribution is -0.129. The molecule has 0 aromatic carbocycles. The highest BCUT2D eigenvalue weighted by atomic mass is 16.2. The third kappa shape index (κ3) is 1.93. The minimum absolute atomic E-state index is 0.0342. The zero-order chi connectivity index (χ0) is 11.6. The largest absolute Gasteiger partial charge is 0.329 e. The van der Waals surface area contributed by atoms with Crippen LogP contribution < -0.4 is 11.1 Å². The molecule has 1 aromatic rings. The van der Waals surface area contributed by atoms with E-state index < -0.39 is 0 Å². The number of carbonyl (C=O) groups excluding carboxylic acids is 1. The van der Waals surface area contributed by atoms with Crippen LogP contribution >= 0.6 is 0 Å². The summed E-state index contributed by atoms with van der Waals surface area (Å²) in [5.41, 5.74) is 7.03. The lowest BCUT2D eigenvalue weighted by Gasteiger charge is -2.39. The molecule has 0 unspecified atom stereocenters. The number of carbonyl (C=O) groups is 1. The summed E-state index contributed by atoms with van der Waals surface area (Å²) in [6.45, 7) is 2.34. The Labute approximate surface area is 95.3 Å². The summed E-state index contributed by atoms with van der Waals surface area (Å²) in [5.74, 6) is 0.0342. The number of aromatic nitrogens is 1. The van der Waals surface area contributed by atoms with Crippen LogP contribution in [-0.4, -0.2) is 17.4 Å². The molecule has 1 aliphatic rings. The first-order valence-electron chi connectivity index (χ1n) is 5.60. The van der Waals surface area contributed by atoms with Crippen LogP contribution in [0.4, 0.5) is 5.69 Å². The summed E-state index contributed by atoms with van der Waals surface area (Å²) >= 11 is 0. The Morgan fingerprint density at radius 2 is 2.31 bits per heavy atom. The van der Waals surface area contributed by atoms with Gasteiger partial charge in [-0.1, -0.05) is 6.42 Å². The molecule has 1 heterocycles. The summed E-state index contributed by atoms with van der Waals surface area (Å²) in [5, 5.41) is 2.88. The molecule has 4 heteroatoms. The number of aryl methyl sites for hydroxylation is 1. The summed E-state index contributed by atoms with van der Waals surface area (Å²) in [7, 11) is 0. The molecule has 0 aliphatic heterocycles. The number of nitrogens with one attached hydrogen (secondary N) is 1. The molecular weight excluding hydrogens is 202 g/mol. The van der Waals surface area contributed by atoms with Crippen molar-refractivity contribution in [3.63, 3.8) is 0 Å². The molecule has 86 valence electrons. The molecule has 1 fully saturated rings. The highest BCUT2D eigenvalue weighted by Gasteiger charge is 2.42. The molecule has 0 bridgehead atoms. The Kier molecular flexibility index (Phi) is 2.92. The lowest BCUT2D eigenvalue weighted by atomic mass is 9.68. The standard InChI is InChI=1S/C12H17N3O/c1-9-3-4-10(7-14-9)15-11(16)12(8-13)5-2-6-12/h3-4,7H,2,5-6,8,13H2,1H3,(H,15,16). The molecule has 0 saturated heterocycles. The zero-order valence-corrected chi connectivity index (χ0v) is 9.49. The van der Waals surface area contributed by atoms with E-state index in [4.69, 9.17) is 5.73 Å². The van der Waals surface area contributed by atoms with Gasteiger partial charge in [0, 0.05) is 12.2 Å². The number of hydrogen-bond donors (Lipinski definition) is 2. The average molecular weight is 219 g/mol. The second kappa shape index (κ2) is 4.22. The summed E-state index contributed by atoms with van der Waals surface area (Å²) < 4.78 is 0. The first-order chi connectivity index (χ1) is 7.66. The molecule has 0 radical (unpaired) electrons. The van der Waals surface area contributed by atoms with Crippen molar-refractivity contribution in [1.29, 1.82) is 0 Å². The van der Waals surface area contributed by atoms with Gasteiger partial charge >= 0.3 is 0 Å². The maximum Gasteiger partial charge on any atom is 0.231 e. The van der Waals surface area contributed by atoms with Crippen LogP contribution in [0.3, 0.4) is 0 Å². The average Bonchev–Trinajstić information content (AvgIpc) is 2.21. The summed E-state index contributed by atoms with van der Waals surface area (Å²) in [6, 6.07) is 3.74. The van der Waals surface area contributed by atoms with Gasteiger partial charge in [-0.3, -0.25) is 9.78 Å². The predicted molar refractivity (Wildman–Crippen MR) is 62.9 cm³/mol. The third-order valence-corrected chi connectivity index (χ3v) is 3.35. The molecule has 1 aliphatic carbocycles. The van der Waals surface area contributed by atoms with Crippen LogP contribution in [0.15, 0.2) is 18.3 Å². The molecule has 16 heavy (non-hydrogen) atoms. The smallest absolute Gasteiger partial charge is 0.231 e. The van der Waals surface area contributed by atoms with Gasteiger partial charge in [-0.15, -0.1) is 0 Å². The van der Waals surface area contributed by atoms with E-state index in [1.807, 2.05) is 19.1 Å². The molecular formula is C12H17N3O. The second-order valence-corrected chi connectivity index (χ2v) is 4.48. The van der Waals surface area contributed by atoms with Crippen molar-refractivity contribution in [3.05, 3.63) is 24.0 Å². The maximum absolute atomic E-state index is 12.0. The van der Waals surface area contributed by atoms with E-state index in [0.29, 0.717) is 6.54 Å². The van der Waals surface area contributed by atoms with Crippen molar-refractivity contribution in [2.45, 2.75) is 26.2 Å². The summed E-state index contributed by atoms with van der Waals surface area (Å²) in [4.78, 5) is 16.2. The van der Waals surface area contributed by atoms with Crippen molar-refractivity contribution in [2.75, 3.05) is 11.9 Å². The zero-order valence-electron chi connectivity index (χ0n) is 9.49. The van der Waals surface area contributed by atoms with Gasteiger partial charge in [-0.05, 0) is 31.9 Å². The highest BCUT2D eigenvalue weighted by Crippen LogP contribution is 2.40. The first-order valence-corrected chi connectivity index (χ1v) is 5.60. The Balaban J connectivity index is 2.04. The molecule has 3 N–H and O–H groups in total. The number of rotatable bonds is 3. The molecule has 0 atom stereocenters. The van der Waals surface area contributed by atoms with Crippen LogP contribution in [0.2, 0.25) is 0 Å². The van der Waals surface area contributed by atoms with Crippen LogP contribution in [0.1, 0.15) is 25.0 Å². The Bertz CT molecular complexity index is 376. The summed E-state index contributed by atoms with van der Waals surface area (Å²) in [6.07, 6.45) is 4.57. The van der Waals surface area contributed by atoms with Gasteiger partial charge in [0.25, 0.3) is 0 Å². The fourth-order valence-electron chi connectivity index (χ4n) is 1.93. The van der Waals surface area contributed by atoms with Crippen LogP contribution in [0.25, 0.3) is 0 Å². The molecule has 4 nitrogen and oxygen atoms in total. The molecule has 1 amide bonds. The van der Waals surface area contributed by atoms with Crippen molar-refractivity contribution in [3.8, 4) is 0 Å². The fraction of sp³-hybridized carbons (Fsp3) is 0.500. The van der Waals surface area contributed by atoms with Gasteiger partial charge in [-0.2, -0.15) is 0 Å². The van der Waals surface area contributed by atoms with E-state index in [-0.39, 0.29) is 11.3 Å². The minimum atomic E-state index is -0.328. The lowest BCUT2D eigenvalue weighted by Crippen LogP contribution is -2.47. The quantitative estimate of drug-likeness (QED) is 0.808. The van der Waals surface area contributed by atoms with Gasteiger partial charge in [0.15, 0.2) is 0 Å². The molecule has 0 spiro atoms. The van der Waals surface area contributed by atoms with E-state index in [1.165, 1.54) is 0 Å². The number of anilines is 1. The van der Waals surface area contributed by atoms with E-state index >= 15 is 0 Å². The van der Waals surface area contributed by atoms with Crippen LogP contribution in [0.5, 0.6) is 0 Å².